The molecular formula is C28H36N2O5. The second-order valence-electron chi connectivity index (χ2n) is 10.0. The topological polar surface area (TPSA) is 68.3 Å². The Morgan fingerprint density at radius 3 is 2.57 bits per heavy atom. The summed E-state index contributed by atoms with van der Waals surface area (Å²) in [4.78, 5) is 29.7. The van der Waals surface area contributed by atoms with E-state index in [2.05, 4.69) is 17.0 Å². The van der Waals surface area contributed by atoms with E-state index >= 15 is 0 Å². The van der Waals surface area contributed by atoms with Crippen LogP contribution in [0.5, 0.6) is 5.75 Å². The van der Waals surface area contributed by atoms with Gasteiger partial charge in [0.15, 0.2) is 0 Å². The summed E-state index contributed by atoms with van der Waals surface area (Å²) in [5.74, 6) is 0.278. The van der Waals surface area contributed by atoms with Gasteiger partial charge in [-0.2, -0.15) is 0 Å². The number of carbonyl (C=O) groups is 2. The molecule has 0 bridgehead atoms. The van der Waals surface area contributed by atoms with Crippen LogP contribution in [0.1, 0.15) is 48.2 Å². The minimum atomic E-state index is -0.479. The van der Waals surface area contributed by atoms with Gasteiger partial charge in [0.2, 0.25) is 0 Å². The van der Waals surface area contributed by atoms with Gasteiger partial charge in [0.1, 0.15) is 12.5 Å². The Morgan fingerprint density at radius 2 is 1.94 bits per heavy atom. The number of hydrogen-bond donors (Lipinski definition) is 0. The van der Waals surface area contributed by atoms with E-state index < -0.39 is 5.60 Å². The van der Waals surface area contributed by atoms with Crippen molar-refractivity contribution in [1.29, 1.82) is 0 Å². The first-order valence-electron chi connectivity index (χ1n) is 12.3. The number of amides is 1. The van der Waals surface area contributed by atoms with Gasteiger partial charge in [0.05, 0.1) is 24.7 Å². The summed E-state index contributed by atoms with van der Waals surface area (Å²) in [7, 11) is 1.44. The number of aryl methyl sites for hydroxylation is 1. The first-order chi connectivity index (χ1) is 16.8. The monoisotopic (exact) mass is 480 g/mol. The molecule has 0 aromatic heterocycles. The van der Waals surface area contributed by atoms with Gasteiger partial charge >= 0.3 is 5.97 Å². The zero-order chi connectivity index (χ0) is 25.0. The molecule has 2 aromatic rings. The van der Waals surface area contributed by atoms with Gasteiger partial charge in [-0.15, -0.1) is 0 Å². The first kappa shape index (κ1) is 25.2. The van der Waals surface area contributed by atoms with E-state index in [1.54, 1.807) is 4.90 Å². The van der Waals surface area contributed by atoms with Crippen LogP contribution in [0.3, 0.4) is 0 Å². The van der Waals surface area contributed by atoms with Crippen LogP contribution >= 0.6 is 0 Å². The largest absolute Gasteiger partial charge is 0.491 e. The van der Waals surface area contributed by atoms with E-state index in [1.807, 2.05) is 57.2 Å². The molecule has 2 atom stereocenters. The highest BCUT2D eigenvalue weighted by molar-refractivity contribution is 5.94. The van der Waals surface area contributed by atoms with Crippen LogP contribution in [0.2, 0.25) is 0 Å². The van der Waals surface area contributed by atoms with Crippen molar-refractivity contribution in [2.75, 3.05) is 33.5 Å². The van der Waals surface area contributed by atoms with Gasteiger partial charge < -0.3 is 19.1 Å². The number of methoxy groups -OCH3 is 1. The maximum atomic E-state index is 13.2. The number of hydrogen-bond acceptors (Lipinski definition) is 6. The second kappa shape index (κ2) is 10.8. The van der Waals surface area contributed by atoms with Crippen molar-refractivity contribution < 1.29 is 23.8 Å². The maximum absolute atomic E-state index is 13.2. The summed E-state index contributed by atoms with van der Waals surface area (Å²) in [6.45, 7) is 8.80. The molecule has 0 saturated carbocycles. The van der Waals surface area contributed by atoms with Gasteiger partial charge in [-0.05, 0) is 62.9 Å². The Hall–Kier alpha value is -2.90. The number of benzene rings is 2. The van der Waals surface area contributed by atoms with Crippen LogP contribution in [0, 0.1) is 12.8 Å². The zero-order valence-corrected chi connectivity index (χ0v) is 21.2. The smallest absolute Gasteiger partial charge is 0.310 e. The quantitative estimate of drug-likeness (QED) is 0.582. The lowest BCUT2D eigenvalue weighted by atomic mass is 9.82. The molecule has 188 valence electrons. The van der Waals surface area contributed by atoms with Crippen molar-refractivity contribution in [2.45, 2.75) is 51.9 Å². The van der Waals surface area contributed by atoms with E-state index in [0.29, 0.717) is 31.5 Å². The molecule has 2 saturated heterocycles. The summed E-state index contributed by atoms with van der Waals surface area (Å²) in [5.41, 5.74) is 2.28. The van der Waals surface area contributed by atoms with Crippen molar-refractivity contribution in [1.82, 2.24) is 9.80 Å². The molecule has 1 spiro atoms. The fourth-order valence-electron chi connectivity index (χ4n) is 5.14. The first-order valence-corrected chi connectivity index (χ1v) is 12.3. The van der Waals surface area contributed by atoms with Crippen LogP contribution in [0.15, 0.2) is 48.5 Å². The van der Waals surface area contributed by atoms with E-state index in [1.165, 1.54) is 12.7 Å². The van der Waals surface area contributed by atoms with Crippen LogP contribution in [-0.4, -0.2) is 66.9 Å². The molecule has 7 heteroatoms. The Kier molecular flexibility index (Phi) is 7.77. The van der Waals surface area contributed by atoms with E-state index in [-0.39, 0.29) is 30.6 Å². The highest BCUT2D eigenvalue weighted by atomic mass is 16.5. The highest BCUT2D eigenvalue weighted by Crippen LogP contribution is 2.36. The normalized spacial score (nSPS) is 22.9. The number of nitrogens with zero attached hydrogens (tertiary/aromatic N) is 2. The Bertz CT molecular complexity index is 1030. The highest BCUT2D eigenvalue weighted by Gasteiger charge is 2.46. The Balaban J connectivity index is 1.44. The maximum Gasteiger partial charge on any atom is 0.310 e. The number of esters is 1. The predicted molar refractivity (Wildman–Crippen MR) is 133 cm³/mol. The zero-order valence-electron chi connectivity index (χ0n) is 21.2. The molecule has 0 aliphatic carbocycles. The molecule has 0 radical (unpaired) electrons. The summed E-state index contributed by atoms with van der Waals surface area (Å²) in [6.07, 6.45) is 1.35. The average molecular weight is 481 g/mol. The molecule has 2 unspecified atom stereocenters. The minimum absolute atomic E-state index is 0.0551. The van der Waals surface area contributed by atoms with E-state index in [4.69, 9.17) is 14.2 Å². The molecule has 2 aliphatic rings. The third kappa shape index (κ3) is 6.03. The number of carbonyl (C=O) groups excluding carboxylic acids is 2. The van der Waals surface area contributed by atoms with Crippen LogP contribution in [0.25, 0.3) is 0 Å². The van der Waals surface area contributed by atoms with Crippen LogP contribution < -0.4 is 4.74 Å². The Labute approximate surface area is 207 Å². The lowest BCUT2D eigenvalue weighted by Gasteiger charge is -2.49. The fraction of sp³-hybridized carbons (Fsp3) is 0.500. The molecule has 2 aliphatic heterocycles. The van der Waals surface area contributed by atoms with E-state index in [0.717, 1.165) is 24.4 Å². The minimum Gasteiger partial charge on any atom is -0.491 e. The molecule has 35 heavy (non-hydrogen) atoms. The van der Waals surface area contributed by atoms with Gasteiger partial charge in [-0.3, -0.25) is 14.5 Å². The molecule has 2 aromatic carbocycles. The Morgan fingerprint density at radius 1 is 1.17 bits per heavy atom. The van der Waals surface area contributed by atoms with Crippen LogP contribution in [0.4, 0.5) is 0 Å². The van der Waals surface area contributed by atoms with Crippen molar-refractivity contribution in [3.8, 4) is 5.75 Å². The molecule has 2 heterocycles. The number of likely N-dealkylation sites (tertiary alicyclic amines) is 1. The van der Waals surface area contributed by atoms with Crippen molar-refractivity contribution in [3.05, 3.63) is 65.2 Å². The third-order valence-corrected chi connectivity index (χ3v) is 6.83. The molecular weight excluding hydrogens is 444 g/mol. The molecule has 4 rings (SSSR count). The van der Waals surface area contributed by atoms with Gasteiger partial charge in [0, 0.05) is 31.7 Å². The lowest BCUT2D eigenvalue weighted by molar-refractivity contribution is -0.177. The van der Waals surface area contributed by atoms with E-state index in [9.17, 15) is 9.59 Å². The summed E-state index contributed by atoms with van der Waals surface area (Å²) in [6, 6.07) is 15.8. The average Bonchev–Trinajstić information content (AvgIpc) is 2.85. The SMILES string of the molecule is COC(=O)C1CN(Cc2ccccc2)CC2(CCN(C(=O)c3ccc(OC(C)C)c(C)c3)CO2)C1. The van der Waals surface area contributed by atoms with Crippen LogP contribution in [-0.2, 0) is 20.8 Å². The fourth-order valence-corrected chi connectivity index (χ4v) is 5.14. The summed E-state index contributed by atoms with van der Waals surface area (Å²) < 4.78 is 17.3. The molecule has 2 fully saturated rings. The predicted octanol–water partition coefficient (Wildman–Crippen LogP) is 4.04. The molecule has 0 N–H and O–H groups in total. The van der Waals surface area contributed by atoms with Crippen molar-refractivity contribution in [3.63, 3.8) is 0 Å². The number of rotatable bonds is 6. The van der Waals surface area contributed by atoms with Gasteiger partial charge in [0.25, 0.3) is 5.91 Å². The standard InChI is InChI=1S/C28H36N2O5/c1-20(2)35-25-11-10-23(14-21(25)3)26(31)30-13-12-28(34-19-30)15-24(27(32)33-4)17-29(18-28)16-22-8-6-5-7-9-22/h5-11,14,20,24H,12-13,15-19H2,1-4H3. The van der Waals surface area contributed by atoms with Crippen molar-refractivity contribution in [2.24, 2.45) is 5.92 Å². The summed E-state index contributed by atoms with van der Waals surface area (Å²) >= 11 is 0. The number of piperidine rings is 1. The summed E-state index contributed by atoms with van der Waals surface area (Å²) in [5, 5.41) is 0. The molecule has 1 amide bonds. The third-order valence-electron chi connectivity index (χ3n) is 6.83. The van der Waals surface area contributed by atoms with Gasteiger partial charge in [-0.25, -0.2) is 0 Å². The van der Waals surface area contributed by atoms with Gasteiger partial charge in [-0.1, -0.05) is 30.3 Å². The number of ether oxygens (including phenoxy) is 3. The van der Waals surface area contributed by atoms with Crippen molar-refractivity contribution >= 4 is 11.9 Å². The lowest BCUT2D eigenvalue weighted by Crippen LogP contribution is -2.59. The second-order valence-corrected chi connectivity index (χ2v) is 10.0. The molecule has 7 nitrogen and oxygen atoms in total.